The minimum Gasteiger partial charge on any atom is -0.477 e. The average Bonchev–Trinajstić information content (AvgIpc) is 2.86. The van der Waals surface area contributed by atoms with E-state index in [-0.39, 0.29) is 16.5 Å². The number of hydrogen-bond donors (Lipinski definition) is 2. The normalized spacial score (nSPS) is 10.2. The zero-order valence-corrected chi connectivity index (χ0v) is 9.69. The highest BCUT2D eigenvalue weighted by atomic mass is 32.1. The second-order valence-corrected chi connectivity index (χ2v) is 4.43. The standard InChI is InChI=1S/C10H9N3O3S/c1-13-4-6(11-5-13)9(14)12-8-3-2-7(17-8)10(15)16/h2-5H,1H3,(H,12,14)(H,15,16). The molecule has 0 saturated heterocycles. The number of aryl methyl sites for hydroxylation is 1. The fourth-order valence-corrected chi connectivity index (χ4v) is 1.97. The summed E-state index contributed by atoms with van der Waals surface area (Å²) in [6.07, 6.45) is 3.10. The minimum absolute atomic E-state index is 0.182. The Balaban J connectivity index is 2.10. The van der Waals surface area contributed by atoms with E-state index in [4.69, 9.17) is 5.11 Å². The molecule has 7 heteroatoms. The van der Waals surface area contributed by atoms with Crippen molar-refractivity contribution in [1.82, 2.24) is 9.55 Å². The van der Waals surface area contributed by atoms with Crippen LogP contribution in [-0.2, 0) is 7.05 Å². The molecule has 6 nitrogen and oxygen atoms in total. The summed E-state index contributed by atoms with van der Waals surface area (Å²) in [7, 11) is 1.76. The predicted octanol–water partition coefficient (Wildman–Crippen LogP) is 1.43. The van der Waals surface area contributed by atoms with Crippen LogP contribution >= 0.6 is 11.3 Å². The molecular formula is C10H9N3O3S. The minimum atomic E-state index is -1.01. The molecule has 2 aromatic heterocycles. The van der Waals surface area contributed by atoms with E-state index in [9.17, 15) is 9.59 Å². The number of nitrogens with zero attached hydrogens (tertiary/aromatic N) is 2. The number of aromatic nitrogens is 2. The lowest BCUT2D eigenvalue weighted by atomic mass is 10.4. The molecule has 2 heterocycles. The van der Waals surface area contributed by atoms with Crippen molar-refractivity contribution >= 4 is 28.2 Å². The maximum absolute atomic E-state index is 11.7. The number of amides is 1. The van der Waals surface area contributed by atoms with Gasteiger partial charge in [0.05, 0.1) is 11.3 Å². The topological polar surface area (TPSA) is 84.2 Å². The van der Waals surface area contributed by atoms with E-state index >= 15 is 0 Å². The molecule has 2 rings (SSSR count). The first-order chi connectivity index (χ1) is 8.06. The maximum atomic E-state index is 11.7. The van der Waals surface area contributed by atoms with Gasteiger partial charge in [-0.3, -0.25) is 4.79 Å². The summed E-state index contributed by atoms with van der Waals surface area (Å²) in [4.78, 5) is 26.4. The molecule has 0 bridgehead atoms. The van der Waals surface area contributed by atoms with Crippen LogP contribution in [0.15, 0.2) is 24.7 Å². The van der Waals surface area contributed by atoms with Crippen LogP contribution in [0.2, 0.25) is 0 Å². The molecule has 0 aliphatic carbocycles. The van der Waals surface area contributed by atoms with E-state index in [1.54, 1.807) is 23.9 Å². The summed E-state index contributed by atoms with van der Waals surface area (Å²) in [5, 5.41) is 11.8. The Labute approximate surface area is 101 Å². The first-order valence-electron chi connectivity index (χ1n) is 4.68. The molecule has 1 amide bonds. The largest absolute Gasteiger partial charge is 0.477 e. The zero-order valence-electron chi connectivity index (χ0n) is 8.88. The first kappa shape index (κ1) is 11.3. The van der Waals surface area contributed by atoms with Crippen molar-refractivity contribution in [3.63, 3.8) is 0 Å². The number of carbonyl (C=O) groups excluding carboxylic acids is 1. The molecule has 17 heavy (non-hydrogen) atoms. The van der Waals surface area contributed by atoms with Crippen molar-refractivity contribution in [2.24, 2.45) is 7.05 Å². The van der Waals surface area contributed by atoms with Gasteiger partial charge in [-0.1, -0.05) is 0 Å². The molecule has 2 N–H and O–H groups in total. The molecule has 0 saturated carbocycles. The zero-order chi connectivity index (χ0) is 12.4. The first-order valence-corrected chi connectivity index (χ1v) is 5.50. The van der Waals surface area contributed by atoms with E-state index in [0.717, 1.165) is 11.3 Å². The van der Waals surface area contributed by atoms with Gasteiger partial charge in [-0.15, -0.1) is 11.3 Å². The smallest absolute Gasteiger partial charge is 0.345 e. The van der Waals surface area contributed by atoms with Gasteiger partial charge in [0.1, 0.15) is 10.6 Å². The number of carbonyl (C=O) groups is 2. The molecule has 0 aliphatic heterocycles. The number of rotatable bonds is 3. The van der Waals surface area contributed by atoms with Crippen molar-refractivity contribution in [3.8, 4) is 0 Å². The highest BCUT2D eigenvalue weighted by molar-refractivity contribution is 7.18. The average molecular weight is 251 g/mol. The van der Waals surface area contributed by atoms with Gasteiger partial charge in [0.15, 0.2) is 0 Å². The van der Waals surface area contributed by atoms with E-state index < -0.39 is 5.97 Å². The van der Waals surface area contributed by atoms with Gasteiger partial charge in [0.2, 0.25) is 0 Å². The monoisotopic (exact) mass is 251 g/mol. The molecule has 0 aromatic carbocycles. The summed E-state index contributed by atoms with van der Waals surface area (Å²) in [6.45, 7) is 0. The third kappa shape index (κ3) is 2.51. The van der Waals surface area contributed by atoms with Crippen molar-refractivity contribution in [2.75, 3.05) is 5.32 Å². The van der Waals surface area contributed by atoms with Gasteiger partial charge in [-0.2, -0.15) is 0 Å². The van der Waals surface area contributed by atoms with Gasteiger partial charge in [-0.05, 0) is 12.1 Å². The van der Waals surface area contributed by atoms with Crippen LogP contribution < -0.4 is 5.32 Å². The lowest BCUT2D eigenvalue weighted by molar-refractivity contribution is 0.0702. The quantitative estimate of drug-likeness (QED) is 0.864. The number of imidazole rings is 1. The van der Waals surface area contributed by atoms with Gasteiger partial charge in [0.25, 0.3) is 5.91 Å². The molecule has 2 aromatic rings. The molecule has 88 valence electrons. The lowest BCUT2D eigenvalue weighted by Crippen LogP contribution is -2.11. The van der Waals surface area contributed by atoms with Crippen LogP contribution in [0.5, 0.6) is 0 Å². The molecule has 0 spiro atoms. The second kappa shape index (κ2) is 4.38. The van der Waals surface area contributed by atoms with Gasteiger partial charge < -0.3 is 15.0 Å². The third-order valence-electron chi connectivity index (χ3n) is 1.99. The van der Waals surface area contributed by atoms with Gasteiger partial charge in [0, 0.05) is 13.2 Å². The van der Waals surface area contributed by atoms with Crippen LogP contribution in [0.1, 0.15) is 20.2 Å². The van der Waals surface area contributed by atoms with Crippen molar-refractivity contribution in [3.05, 3.63) is 35.2 Å². The highest BCUT2D eigenvalue weighted by Crippen LogP contribution is 2.22. The number of anilines is 1. The Morgan fingerprint density at radius 3 is 2.76 bits per heavy atom. The summed E-state index contributed by atoms with van der Waals surface area (Å²) >= 11 is 1.00. The fourth-order valence-electron chi connectivity index (χ4n) is 1.23. The van der Waals surface area contributed by atoms with Crippen LogP contribution in [-0.4, -0.2) is 26.5 Å². The summed E-state index contributed by atoms with van der Waals surface area (Å²) in [6, 6.07) is 3.00. The summed E-state index contributed by atoms with van der Waals surface area (Å²) < 4.78 is 1.66. The molecule has 0 unspecified atom stereocenters. The molecule has 0 fully saturated rings. The molecule has 0 radical (unpaired) electrons. The van der Waals surface area contributed by atoms with Crippen molar-refractivity contribution < 1.29 is 14.7 Å². The Bertz CT molecular complexity index is 573. The number of carboxylic acids is 1. The van der Waals surface area contributed by atoms with Crippen LogP contribution in [0, 0.1) is 0 Å². The van der Waals surface area contributed by atoms with Crippen LogP contribution in [0.25, 0.3) is 0 Å². The van der Waals surface area contributed by atoms with E-state index in [0.29, 0.717) is 5.00 Å². The number of carboxylic acid groups (broad SMARTS) is 1. The Kier molecular flexibility index (Phi) is 2.92. The number of hydrogen-bond acceptors (Lipinski definition) is 4. The highest BCUT2D eigenvalue weighted by Gasteiger charge is 2.12. The molecule has 0 aliphatic rings. The van der Waals surface area contributed by atoms with Crippen molar-refractivity contribution in [2.45, 2.75) is 0 Å². The SMILES string of the molecule is Cn1cnc(C(=O)Nc2ccc(C(=O)O)s2)c1. The van der Waals surface area contributed by atoms with E-state index in [2.05, 4.69) is 10.3 Å². The lowest BCUT2D eigenvalue weighted by Gasteiger charge is -1.97. The van der Waals surface area contributed by atoms with Gasteiger partial charge >= 0.3 is 5.97 Å². The number of nitrogens with one attached hydrogen (secondary N) is 1. The van der Waals surface area contributed by atoms with Gasteiger partial charge in [-0.25, -0.2) is 9.78 Å². The van der Waals surface area contributed by atoms with Crippen molar-refractivity contribution in [1.29, 1.82) is 0 Å². The summed E-state index contributed by atoms with van der Waals surface area (Å²) in [5.74, 6) is -1.36. The maximum Gasteiger partial charge on any atom is 0.345 e. The summed E-state index contributed by atoms with van der Waals surface area (Å²) in [5.41, 5.74) is 0.290. The predicted molar refractivity (Wildman–Crippen MR) is 62.4 cm³/mol. The number of thiophene rings is 1. The van der Waals surface area contributed by atoms with Crippen LogP contribution in [0.3, 0.4) is 0 Å². The second-order valence-electron chi connectivity index (χ2n) is 3.35. The third-order valence-corrected chi connectivity index (χ3v) is 2.98. The molecule has 0 atom stereocenters. The Morgan fingerprint density at radius 2 is 2.24 bits per heavy atom. The van der Waals surface area contributed by atoms with E-state index in [1.807, 2.05) is 0 Å². The molecular weight excluding hydrogens is 242 g/mol. The fraction of sp³-hybridized carbons (Fsp3) is 0.100. The number of aromatic carboxylic acids is 1. The van der Waals surface area contributed by atoms with Crippen LogP contribution in [0.4, 0.5) is 5.00 Å². The van der Waals surface area contributed by atoms with E-state index in [1.165, 1.54) is 12.4 Å². The Morgan fingerprint density at radius 1 is 1.47 bits per heavy atom. The Hall–Kier alpha value is -2.15.